The predicted octanol–water partition coefficient (Wildman–Crippen LogP) is 4.73. The zero-order valence-corrected chi connectivity index (χ0v) is 16.4. The predicted molar refractivity (Wildman–Crippen MR) is 109 cm³/mol. The van der Waals surface area contributed by atoms with Crippen LogP contribution >= 0.6 is 11.5 Å². The molecule has 0 aliphatic carbocycles. The van der Waals surface area contributed by atoms with Gasteiger partial charge in [0.25, 0.3) is 0 Å². The SMILES string of the molecule is COc1ccc(Cn2cccc3n(C)sc4ccc(OC)cc4nc2-3)cc1. The van der Waals surface area contributed by atoms with Crippen molar-refractivity contribution in [3.8, 4) is 23.0 Å². The molecule has 0 unspecified atom stereocenters. The van der Waals surface area contributed by atoms with Crippen LogP contribution in [0.5, 0.6) is 11.5 Å². The largest absolute Gasteiger partial charge is 0.497 e. The molecule has 2 aliphatic rings. The molecule has 2 aromatic rings. The Morgan fingerprint density at radius 1 is 0.963 bits per heavy atom. The van der Waals surface area contributed by atoms with Crippen LogP contribution in [0.2, 0.25) is 0 Å². The molecule has 6 heteroatoms. The third-order valence-electron chi connectivity index (χ3n) is 4.50. The number of methoxy groups -OCH3 is 2. The lowest BCUT2D eigenvalue weighted by Gasteiger charge is -2.14. The van der Waals surface area contributed by atoms with Gasteiger partial charge in [0.2, 0.25) is 0 Å². The standard InChI is InChI=1S/C21H21N3O2S/c1-23-19-5-4-12-24(14-15-6-8-16(25-2)9-7-15)21(19)22-18-13-17(26-3)10-11-20(18)27-23/h4-13H,14H2,1-3H3. The molecule has 0 saturated heterocycles. The highest BCUT2D eigenvalue weighted by Gasteiger charge is 2.12. The van der Waals surface area contributed by atoms with Crippen LogP contribution in [0.1, 0.15) is 5.56 Å². The first-order chi connectivity index (χ1) is 13.2. The molecule has 0 aromatic heterocycles. The van der Waals surface area contributed by atoms with Crippen molar-refractivity contribution in [1.82, 2.24) is 13.5 Å². The molecule has 0 N–H and O–H groups in total. The van der Waals surface area contributed by atoms with E-state index in [1.54, 1.807) is 25.8 Å². The van der Waals surface area contributed by atoms with Crippen LogP contribution in [-0.2, 0) is 13.6 Å². The number of hydrogen-bond acceptors (Lipinski definition) is 4. The van der Waals surface area contributed by atoms with E-state index in [9.17, 15) is 0 Å². The van der Waals surface area contributed by atoms with Gasteiger partial charge in [0.1, 0.15) is 11.5 Å². The van der Waals surface area contributed by atoms with Crippen molar-refractivity contribution in [2.45, 2.75) is 6.54 Å². The second-order valence-electron chi connectivity index (χ2n) is 6.23. The number of nitrogens with zero attached hydrogens (tertiary/aromatic N) is 3. The van der Waals surface area contributed by atoms with Gasteiger partial charge in [0, 0.05) is 25.9 Å². The van der Waals surface area contributed by atoms with Crippen LogP contribution in [0, 0.1) is 0 Å². The molecule has 0 amide bonds. The van der Waals surface area contributed by atoms with Gasteiger partial charge in [-0.25, -0.2) is 4.98 Å². The average Bonchev–Trinajstić information content (AvgIpc) is 2.84. The summed E-state index contributed by atoms with van der Waals surface area (Å²) in [7, 11) is 5.42. The summed E-state index contributed by atoms with van der Waals surface area (Å²) in [5, 5.41) is 0. The van der Waals surface area contributed by atoms with Gasteiger partial charge in [-0.2, -0.15) is 0 Å². The molecular weight excluding hydrogens is 358 g/mol. The summed E-state index contributed by atoms with van der Waals surface area (Å²) in [6, 6.07) is 18.3. The molecule has 0 fully saturated rings. The number of hydrogen-bond donors (Lipinski definition) is 0. The quantitative estimate of drug-likeness (QED) is 0.515. The van der Waals surface area contributed by atoms with Gasteiger partial charge in [-0.15, -0.1) is 0 Å². The number of fused-ring (bicyclic) bond motifs is 2. The number of ether oxygens (including phenoxy) is 2. The Labute approximate surface area is 162 Å². The maximum absolute atomic E-state index is 5.38. The summed E-state index contributed by atoms with van der Waals surface area (Å²) in [5.74, 6) is 2.59. The third kappa shape index (κ3) is 3.48. The fraction of sp³-hybridized carbons (Fsp3) is 0.190. The number of rotatable bonds is 4. The van der Waals surface area contributed by atoms with E-state index in [1.807, 2.05) is 24.3 Å². The van der Waals surface area contributed by atoms with Crippen LogP contribution in [0.15, 0.2) is 60.8 Å². The molecule has 0 spiro atoms. The molecule has 2 aliphatic heterocycles. The van der Waals surface area contributed by atoms with Crippen molar-refractivity contribution in [3.63, 3.8) is 0 Å². The van der Waals surface area contributed by atoms with E-state index in [1.165, 1.54) is 5.56 Å². The van der Waals surface area contributed by atoms with Gasteiger partial charge in [-0.05, 0) is 42.0 Å². The van der Waals surface area contributed by atoms with E-state index in [2.05, 4.69) is 52.1 Å². The average molecular weight is 379 g/mol. The molecule has 27 heavy (non-hydrogen) atoms. The summed E-state index contributed by atoms with van der Waals surface area (Å²) in [6.07, 6.45) is 2.07. The number of pyridine rings is 1. The number of aryl methyl sites for hydroxylation is 1. The second-order valence-corrected chi connectivity index (χ2v) is 7.40. The summed E-state index contributed by atoms with van der Waals surface area (Å²) < 4.78 is 16.1. The Hall–Kier alpha value is -2.99. The van der Waals surface area contributed by atoms with Gasteiger partial charge in [0.05, 0.1) is 30.1 Å². The third-order valence-corrected chi connectivity index (χ3v) is 5.51. The Morgan fingerprint density at radius 3 is 2.44 bits per heavy atom. The van der Waals surface area contributed by atoms with Crippen molar-refractivity contribution >= 4 is 21.7 Å². The number of benzene rings is 2. The minimum Gasteiger partial charge on any atom is -0.497 e. The smallest absolute Gasteiger partial charge is 0.158 e. The van der Waals surface area contributed by atoms with E-state index >= 15 is 0 Å². The second kappa shape index (κ2) is 7.32. The fourth-order valence-corrected chi connectivity index (χ4v) is 3.92. The van der Waals surface area contributed by atoms with Crippen molar-refractivity contribution in [2.24, 2.45) is 7.05 Å². The zero-order chi connectivity index (χ0) is 18.8. The molecule has 2 aromatic carbocycles. The summed E-state index contributed by atoms with van der Waals surface area (Å²) >= 11 is 1.67. The zero-order valence-electron chi connectivity index (χ0n) is 15.5. The molecule has 0 bridgehead atoms. The Balaban J connectivity index is 1.87. The molecule has 0 atom stereocenters. The van der Waals surface area contributed by atoms with E-state index < -0.39 is 0 Å². The highest BCUT2D eigenvalue weighted by molar-refractivity contribution is 7.13. The van der Waals surface area contributed by atoms with Crippen molar-refractivity contribution in [3.05, 3.63) is 66.4 Å². The van der Waals surface area contributed by atoms with Crippen LogP contribution < -0.4 is 9.47 Å². The first kappa shape index (κ1) is 17.4. The van der Waals surface area contributed by atoms with Gasteiger partial charge >= 0.3 is 0 Å². The lowest BCUT2D eigenvalue weighted by Crippen LogP contribution is -2.08. The molecule has 4 rings (SSSR count). The van der Waals surface area contributed by atoms with Crippen molar-refractivity contribution in [1.29, 1.82) is 0 Å². The fourth-order valence-electron chi connectivity index (χ4n) is 3.05. The van der Waals surface area contributed by atoms with E-state index in [4.69, 9.17) is 14.5 Å². The molecule has 5 nitrogen and oxygen atoms in total. The molecule has 138 valence electrons. The van der Waals surface area contributed by atoms with Gasteiger partial charge in [0.15, 0.2) is 5.82 Å². The van der Waals surface area contributed by atoms with E-state index in [0.717, 1.165) is 39.8 Å². The van der Waals surface area contributed by atoms with Crippen LogP contribution in [-0.4, -0.2) is 27.7 Å². The Bertz CT molecular complexity index is 1090. The summed E-state index contributed by atoms with van der Waals surface area (Å²) in [4.78, 5) is 4.99. The van der Waals surface area contributed by atoms with Gasteiger partial charge in [-0.3, -0.25) is 3.96 Å². The first-order valence-electron chi connectivity index (χ1n) is 8.65. The normalized spacial score (nSPS) is 10.9. The molecular formula is C21H21N3O2S. The Morgan fingerprint density at radius 2 is 1.70 bits per heavy atom. The minimum absolute atomic E-state index is 0.731. The van der Waals surface area contributed by atoms with E-state index in [0.29, 0.717) is 0 Å². The van der Waals surface area contributed by atoms with Gasteiger partial charge < -0.3 is 14.0 Å². The van der Waals surface area contributed by atoms with Crippen LogP contribution in [0.3, 0.4) is 0 Å². The maximum atomic E-state index is 5.38. The lowest BCUT2D eigenvalue weighted by atomic mass is 10.2. The summed E-state index contributed by atoms with van der Waals surface area (Å²) in [5.41, 5.74) is 3.18. The minimum atomic E-state index is 0.731. The Kier molecular flexibility index (Phi) is 4.73. The maximum Gasteiger partial charge on any atom is 0.158 e. The summed E-state index contributed by atoms with van der Waals surface area (Å²) in [6.45, 7) is 0.731. The van der Waals surface area contributed by atoms with Crippen molar-refractivity contribution < 1.29 is 9.47 Å². The van der Waals surface area contributed by atoms with Crippen LogP contribution in [0.4, 0.5) is 0 Å². The first-order valence-corrected chi connectivity index (χ1v) is 9.42. The number of aromatic nitrogens is 3. The molecule has 2 heterocycles. The highest BCUT2D eigenvalue weighted by atomic mass is 32.1. The molecule has 0 saturated carbocycles. The van der Waals surface area contributed by atoms with E-state index in [-0.39, 0.29) is 0 Å². The van der Waals surface area contributed by atoms with Crippen molar-refractivity contribution in [2.75, 3.05) is 14.2 Å². The highest BCUT2D eigenvalue weighted by Crippen LogP contribution is 2.27. The van der Waals surface area contributed by atoms with Gasteiger partial charge in [-0.1, -0.05) is 23.7 Å². The monoisotopic (exact) mass is 379 g/mol. The lowest BCUT2D eigenvalue weighted by molar-refractivity contribution is 0.414. The topological polar surface area (TPSA) is 41.2 Å². The molecule has 0 radical (unpaired) electrons. The van der Waals surface area contributed by atoms with Crippen LogP contribution in [0.25, 0.3) is 21.7 Å².